The lowest BCUT2D eigenvalue weighted by Gasteiger charge is -2.30. The first kappa shape index (κ1) is 25.2. The summed E-state index contributed by atoms with van der Waals surface area (Å²) in [7, 11) is 1.60. The Balaban J connectivity index is 1.46. The maximum absolute atomic E-state index is 13.4. The largest absolute Gasteiger partial charge is 0.497 e. The Morgan fingerprint density at radius 2 is 1.69 bits per heavy atom. The molecule has 0 bridgehead atoms. The molecule has 1 atom stereocenters. The number of nitrogens with one attached hydrogen (secondary N) is 1. The number of rotatable bonds is 10. The zero-order valence-electron chi connectivity index (χ0n) is 21.3. The van der Waals surface area contributed by atoms with Crippen LogP contribution in [-0.2, 0) is 16.1 Å². The van der Waals surface area contributed by atoms with Gasteiger partial charge in [0.2, 0.25) is 11.8 Å². The standard InChI is InChI=1S/C29H33N3O4/c1-19(2)30-28(34)20(3)32(18-21-13-15-23(36-4)16-14-21)26(33)12-7-17-31-25-11-6-9-22-8-5-10-24(27(22)25)29(31)35/h5-6,8-11,13-16,19-20H,7,12,17-18H2,1-4H3,(H,30,34)/t20-/m0/s1. The van der Waals surface area contributed by atoms with Crippen LogP contribution in [0.2, 0.25) is 0 Å². The molecule has 0 radical (unpaired) electrons. The molecule has 36 heavy (non-hydrogen) atoms. The predicted octanol–water partition coefficient (Wildman–Crippen LogP) is 4.53. The number of hydrogen-bond donors (Lipinski definition) is 1. The summed E-state index contributed by atoms with van der Waals surface area (Å²) in [5, 5.41) is 4.91. The van der Waals surface area contributed by atoms with Gasteiger partial charge in [-0.15, -0.1) is 0 Å². The number of benzene rings is 3. The van der Waals surface area contributed by atoms with Gasteiger partial charge in [-0.05, 0) is 62.4 Å². The first-order valence-electron chi connectivity index (χ1n) is 12.4. The Hall–Kier alpha value is -3.87. The van der Waals surface area contributed by atoms with Crippen LogP contribution in [0.5, 0.6) is 5.75 Å². The van der Waals surface area contributed by atoms with E-state index in [0.29, 0.717) is 25.1 Å². The third-order valence-electron chi connectivity index (χ3n) is 6.53. The highest BCUT2D eigenvalue weighted by Crippen LogP contribution is 2.37. The number of hydrogen-bond acceptors (Lipinski definition) is 4. The van der Waals surface area contributed by atoms with E-state index in [9.17, 15) is 14.4 Å². The molecule has 0 fully saturated rings. The first-order valence-corrected chi connectivity index (χ1v) is 12.4. The van der Waals surface area contributed by atoms with Crippen LogP contribution in [0, 0.1) is 0 Å². The van der Waals surface area contributed by atoms with Gasteiger partial charge < -0.3 is 19.9 Å². The van der Waals surface area contributed by atoms with Gasteiger partial charge in [-0.2, -0.15) is 0 Å². The second-order valence-corrected chi connectivity index (χ2v) is 9.45. The molecule has 0 saturated carbocycles. The smallest absolute Gasteiger partial charge is 0.258 e. The average Bonchev–Trinajstić information content (AvgIpc) is 3.15. The molecule has 0 unspecified atom stereocenters. The molecule has 4 rings (SSSR count). The Labute approximate surface area is 212 Å². The third kappa shape index (κ3) is 5.20. The lowest BCUT2D eigenvalue weighted by molar-refractivity contribution is -0.140. The number of carbonyl (C=O) groups is 3. The maximum atomic E-state index is 13.4. The zero-order chi connectivity index (χ0) is 25.8. The molecule has 7 nitrogen and oxygen atoms in total. The SMILES string of the molecule is COc1ccc(CN(C(=O)CCCN2C(=O)c3cccc4cccc2c34)[C@@H](C)C(=O)NC(C)C)cc1. The highest BCUT2D eigenvalue weighted by atomic mass is 16.5. The van der Waals surface area contributed by atoms with Crippen molar-refractivity contribution < 1.29 is 19.1 Å². The molecule has 1 N–H and O–H groups in total. The molecule has 1 heterocycles. The highest BCUT2D eigenvalue weighted by molar-refractivity contribution is 6.25. The van der Waals surface area contributed by atoms with Crippen LogP contribution in [0.3, 0.4) is 0 Å². The van der Waals surface area contributed by atoms with Crippen molar-refractivity contribution in [1.29, 1.82) is 0 Å². The van der Waals surface area contributed by atoms with E-state index in [4.69, 9.17) is 4.74 Å². The molecule has 0 saturated heterocycles. The van der Waals surface area contributed by atoms with Crippen molar-refractivity contribution in [1.82, 2.24) is 10.2 Å². The van der Waals surface area contributed by atoms with Gasteiger partial charge in [0.15, 0.2) is 0 Å². The predicted molar refractivity (Wildman–Crippen MR) is 141 cm³/mol. The summed E-state index contributed by atoms with van der Waals surface area (Å²) in [6, 6.07) is 18.5. The van der Waals surface area contributed by atoms with Gasteiger partial charge in [0.25, 0.3) is 5.91 Å². The fraction of sp³-hybridized carbons (Fsp3) is 0.345. The molecule has 7 heteroatoms. The van der Waals surface area contributed by atoms with Crippen molar-refractivity contribution in [3.8, 4) is 5.75 Å². The van der Waals surface area contributed by atoms with Crippen molar-refractivity contribution in [2.24, 2.45) is 0 Å². The molecule has 3 aromatic rings. The van der Waals surface area contributed by atoms with E-state index in [1.54, 1.807) is 23.8 Å². The second-order valence-electron chi connectivity index (χ2n) is 9.45. The molecular formula is C29H33N3O4. The van der Waals surface area contributed by atoms with Crippen molar-refractivity contribution in [2.75, 3.05) is 18.6 Å². The van der Waals surface area contributed by atoms with E-state index in [2.05, 4.69) is 5.32 Å². The van der Waals surface area contributed by atoms with Gasteiger partial charge in [0.05, 0.1) is 12.8 Å². The monoisotopic (exact) mass is 487 g/mol. The molecule has 3 aromatic carbocycles. The van der Waals surface area contributed by atoms with E-state index < -0.39 is 6.04 Å². The van der Waals surface area contributed by atoms with Gasteiger partial charge in [-0.25, -0.2) is 0 Å². The number of anilines is 1. The minimum atomic E-state index is -0.631. The summed E-state index contributed by atoms with van der Waals surface area (Å²) in [6.07, 6.45) is 0.720. The zero-order valence-corrected chi connectivity index (χ0v) is 21.3. The number of amides is 3. The molecule has 1 aliphatic rings. The molecule has 0 spiro atoms. The van der Waals surface area contributed by atoms with E-state index in [-0.39, 0.29) is 30.2 Å². The summed E-state index contributed by atoms with van der Waals surface area (Å²) in [4.78, 5) is 42.6. The normalized spacial score (nSPS) is 13.2. The summed E-state index contributed by atoms with van der Waals surface area (Å²) in [5.74, 6) is 0.380. The lowest BCUT2D eigenvalue weighted by atomic mass is 10.1. The van der Waals surface area contributed by atoms with Gasteiger partial charge in [-0.1, -0.05) is 36.4 Å². The van der Waals surface area contributed by atoms with Crippen molar-refractivity contribution in [2.45, 2.75) is 52.2 Å². The van der Waals surface area contributed by atoms with Crippen LogP contribution in [0.1, 0.15) is 49.5 Å². The summed E-state index contributed by atoms with van der Waals surface area (Å²) >= 11 is 0. The van der Waals surface area contributed by atoms with Crippen molar-refractivity contribution in [3.05, 3.63) is 71.8 Å². The van der Waals surface area contributed by atoms with E-state index in [1.165, 1.54) is 0 Å². The minimum absolute atomic E-state index is 0.0246. The van der Waals surface area contributed by atoms with Gasteiger partial charge >= 0.3 is 0 Å². The fourth-order valence-electron chi connectivity index (χ4n) is 4.65. The molecule has 0 aromatic heterocycles. The third-order valence-corrected chi connectivity index (χ3v) is 6.53. The quantitative estimate of drug-likeness (QED) is 0.456. The van der Waals surface area contributed by atoms with E-state index in [1.807, 2.05) is 74.5 Å². The van der Waals surface area contributed by atoms with Crippen molar-refractivity contribution >= 4 is 34.2 Å². The van der Waals surface area contributed by atoms with Gasteiger partial charge in [0.1, 0.15) is 11.8 Å². The summed E-state index contributed by atoms with van der Waals surface area (Å²) < 4.78 is 5.23. The Bertz CT molecular complexity index is 1260. The number of methoxy groups -OCH3 is 1. The average molecular weight is 488 g/mol. The highest BCUT2D eigenvalue weighted by Gasteiger charge is 2.30. The molecule has 0 aliphatic carbocycles. The Kier molecular flexibility index (Phi) is 7.58. The van der Waals surface area contributed by atoms with Crippen molar-refractivity contribution in [3.63, 3.8) is 0 Å². The molecular weight excluding hydrogens is 454 g/mol. The van der Waals surface area contributed by atoms with Crippen LogP contribution >= 0.6 is 0 Å². The summed E-state index contributed by atoms with van der Waals surface area (Å²) in [5.41, 5.74) is 2.50. The Morgan fingerprint density at radius 1 is 1.00 bits per heavy atom. The molecule has 188 valence electrons. The second kappa shape index (κ2) is 10.8. The Morgan fingerprint density at radius 3 is 2.36 bits per heavy atom. The summed E-state index contributed by atoms with van der Waals surface area (Å²) in [6.45, 7) is 6.28. The van der Waals surface area contributed by atoms with E-state index in [0.717, 1.165) is 27.8 Å². The van der Waals surface area contributed by atoms with Crippen LogP contribution in [0.25, 0.3) is 10.8 Å². The van der Waals surface area contributed by atoms with Gasteiger partial charge in [0, 0.05) is 36.5 Å². The number of carbonyl (C=O) groups excluding carboxylic acids is 3. The fourth-order valence-corrected chi connectivity index (χ4v) is 4.65. The molecule has 1 aliphatic heterocycles. The van der Waals surface area contributed by atoms with Gasteiger partial charge in [-0.3, -0.25) is 14.4 Å². The first-order chi connectivity index (χ1) is 17.3. The maximum Gasteiger partial charge on any atom is 0.258 e. The minimum Gasteiger partial charge on any atom is -0.497 e. The lowest BCUT2D eigenvalue weighted by Crippen LogP contribution is -2.49. The van der Waals surface area contributed by atoms with Crippen LogP contribution < -0.4 is 15.0 Å². The van der Waals surface area contributed by atoms with Crippen LogP contribution in [0.4, 0.5) is 5.69 Å². The van der Waals surface area contributed by atoms with Crippen LogP contribution in [0.15, 0.2) is 60.7 Å². The number of nitrogens with zero attached hydrogens (tertiary/aromatic N) is 2. The van der Waals surface area contributed by atoms with Crippen LogP contribution in [-0.4, -0.2) is 48.4 Å². The molecule has 3 amide bonds. The van der Waals surface area contributed by atoms with E-state index >= 15 is 0 Å². The number of ether oxygens (including phenoxy) is 1. The topological polar surface area (TPSA) is 79.0 Å².